The maximum absolute atomic E-state index is 12.0. The SMILES string of the molecule is COC(=O)c1cnn(C)c1/N=N/c1c(C)nn(-c2cnc(-n3nc(C)c(/N=N/c4c(C(=O)C=O)cnn4C)c3N)cn2)c1N. The first kappa shape index (κ1) is 29.0. The standard InChI is InChI=1S/C24H24N16O4/c1-11-18(31-33-22-13(15(42)10-41)6-29-37(22)3)20(25)39(35-11)16-8-28-17(9-27-16)40-21(26)19(12(2)36-40)32-34-23-14(24(43)44-5)7-30-38(23)4/h6-10H,25-26H2,1-5H3/b33-31+,34-32+. The number of methoxy groups -OCH3 is 1. The number of nitrogen functional groups attached to an aromatic ring is 2. The van der Waals surface area contributed by atoms with Gasteiger partial charge >= 0.3 is 5.97 Å². The molecular weight excluding hydrogens is 576 g/mol. The van der Waals surface area contributed by atoms with Crippen molar-refractivity contribution in [3.05, 3.63) is 47.3 Å². The second-order valence-corrected chi connectivity index (χ2v) is 9.08. The lowest BCUT2D eigenvalue weighted by molar-refractivity contribution is -0.104. The maximum atomic E-state index is 12.0. The van der Waals surface area contributed by atoms with Crippen molar-refractivity contribution in [1.82, 2.24) is 49.1 Å². The van der Waals surface area contributed by atoms with Crippen LogP contribution in [0, 0.1) is 13.8 Å². The largest absolute Gasteiger partial charge is 0.465 e. The summed E-state index contributed by atoms with van der Waals surface area (Å²) in [6.07, 6.45) is 5.52. The average Bonchev–Trinajstić information content (AvgIpc) is 3.74. The number of esters is 1. The number of rotatable bonds is 9. The second-order valence-electron chi connectivity index (χ2n) is 9.08. The predicted molar refractivity (Wildman–Crippen MR) is 151 cm³/mol. The Bertz CT molecular complexity index is 1980. The number of carbonyl (C=O) groups excluding carboxylic acids is 3. The van der Waals surface area contributed by atoms with E-state index in [0.29, 0.717) is 11.4 Å². The predicted octanol–water partition coefficient (Wildman–Crippen LogP) is 2.10. The van der Waals surface area contributed by atoms with Crippen LogP contribution in [-0.2, 0) is 23.6 Å². The Hall–Kier alpha value is -6.47. The number of aldehydes is 1. The topological polar surface area (TPSA) is 259 Å². The van der Waals surface area contributed by atoms with Gasteiger partial charge in [-0.3, -0.25) is 9.59 Å². The molecular formula is C24H24N16O4. The van der Waals surface area contributed by atoms with Gasteiger partial charge in [-0.25, -0.2) is 24.1 Å². The number of aryl methyl sites for hydroxylation is 4. The number of nitrogens with two attached hydrogens (primary N) is 2. The summed E-state index contributed by atoms with van der Waals surface area (Å²) in [5.41, 5.74) is 14.1. The summed E-state index contributed by atoms with van der Waals surface area (Å²) in [5, 5.41) is 33.3. The molecule has 0 radical (unpaired) electrons. The van der Waals surface area contributed by atoms with Gasteiger partial charge in [0.2, 0.25) is 5.78 Å². The second kappa shape index (κ2) is 11.4. The average molecular weight is 601 g/mol. The van der Waals surface area contributed by atoms with Gasteiger partial charge in [0.25, 0.3) is 0 Å². The van der Waals surface area contributed by atoms with Crippen LogP contribution in [0.15, 0.2) is 45.2 Å². The molecule has 0 aliphatic heterocycles. The lowest BCUT2D eigenvalue weighted by Crippen LogP contribution is -2.08. The molecule has 224 valence electrons. The number of ether oxygens (including phenoxy) is 1. The summed E-state index contributed by atoms with van der Waals surface area (Å²) >= 11 is 0. The molecule has 0 unspecified atom stereocenters. The molecule has 0 aliphatic rings. The van der Waals surface area contributed by atoms with Gasteiger partial charge in [-0.05, 0) is 13.8 Å². The smallest absolute Gasteiger partial charge is 0.343 e. The molecule has 5 heterocycles. The fourth-order valence-electron chi connectivity index (χ4n) is 3.99. The van der Waals surface area contributed by atoms with Gasteiger partial charge in [-0.1, -0.05) is 0 Å². The Morgan fingerprint density at radius 3 is 1.66 bits per heavy atom. The van der Waals surface area contributed by atoms with E-state index in [4.69, 9.17) is 16.2 Å². The lowest BCUT2D eigenvalue weighted by Gasteiger charge is -2.05. The molecule has 0 bridgehead atoms. The van der Waals surface area contributed by atoms with Crippen LogP contribution in [0.5, 0.6) is 0 Å². The van der Waals surface area contributed by atoms with E-state index in [1.165, 1.54) is 50.6 Å². The van der Waals surface area contributed by atoms with Gasteiger partial charge < -0.3 is 16.2 Å². The first-order valence-corrected chi connectivity index (χ1v) is 12.5. The minimum atomic E-state index is -0.785. The van der Waals surface area contributed by atoms with Crippen molar-refractivity contribution in [2.75, 3.05) is 18.6 Å². The van der Waals surface area contributed by atoms with Crippen molar-refractivity contribution in [3.8, 4) is 11.6 Å². The van der Waals surface area contributed by atoms with Crippen molar-refractivity contribution in [3.63, 3.8) is 0 Å². The summed E-state index contributed by atoms with van der Waals surface area (Å²) in [4.78, 5) is 43.6. The van der Waals surface area contributed by atoms with E-state index >= 15 is 0 Å². The number of ketones is 1. The van der Waals surface area contributed by atoms with E-state index in [1.54, 1.807) is 27.9 Å². The third-order valence-corrected chi connectivity index (χ3v) is 6.27. The fourth-order valence-corrected chi connectivity index (χ4v) is 3.99. The Kier molecular flexibility index (Phi) is 7.54. The van der Waals surface area contributed by atoms with Crippen LogP contribution in [-0.4, -0.2) is 74.2 Å². The molecule has 0 saturated carbocycles. The van der Waals surface area contributed by atoms with Gasteiger partial charge in [-0.2, -0.15) is 29.8 Å². The summed E-state index contributed by atoms with van der Waals surface area (Å²) in [6, 6.07) is 0. The number of Topliss-reactive ketones (excluding diaryl/α,β-unsaturated/α-hetero) is 1. The molecule has 0 fully saturated rings. The number of aromatic nitrogens is 10. The third kappa shape index (κ3) is 5.06. The molecule has 5 aromatic heterocycles. The number of carbonyl (C=O) groups is 3. The normalized spacial score (nSPS) is 11.6. The molecule has 20 heteroatoms. The highest BCUT2D eigenvalue weighted by molar-refractivity contribution is 6.34. The van der Waals surface area contributed by atoms with E-state index in [9.17, 15) is 14.4 Å². The lowest BCUT2D eigenvalue weighted by atomic mass is 10.2. The highest BCUT2D eigenvalue weighted by Crippen LogP contribution is 2.32. The molecule has 4 N–H and O–H groups in total. The van der Waals surface area contributed by atoms with Crippen molar-refractivity contribution >= 4 is 52.7 Å². The van der Waals surface area contributed by atoms with Crippen LogP contribution in [0.2, 0.25) is 0 Å². The Morgan fingerprint density at radius 2 is 1.23 bits per heavy atom. The van der Waals surface area contributed by atoms with E-state index in [-0.39, 0.29) is 63.7 Å². The highest BCUT2D eigenvalue weighted by Gasteiger charge is 2.21. The first-order chi connectivity index (χ1) is 21.0. The summed E-state index contributed by atoms with van der Waals surface area (Å²) < 4.78 is 10.1. The van der Waals surface area contributed by atoms with E-state index in [2.05, 4.69) is 50.8 Å². The molecule has 44 heavy (non-hydrogen) atoms. The Labute approximate surface area is 247 Å². The fraction of sp³-hybridized carbons (Fsp3) is 0.208. The van der Waals surface area contributed by atoms with Gasteiger partial charge in [0.15, 0.2) is 52.6 Å². The molecule has 20 nitrogen and oxygen atoms in total. The van der Waals surface area contributed by atoms with Gasteiger partial charge in [0, 0.05) is 14.1 Å². The molecule has 0 atom stereocenters. The quantitative estimate of drug-likeness (QED) is 0.0810. The van der Waals surface area contributed by atoms with E-state index in [0.717, 1.165) is 0 Å². The number of nitrogens with zero attached hydrogens (tertiary/aromatic N) is 14. The minimum absolute atomic E-state index is 0.00277. The Morgan fingerprint density at radius 1 is 0.773 bits per heavy atom. The highest BCUT2D eigenvalue weighted by atomic mass is 16.5. The van der Waals surface area contributed by atoms with Crippen molar-refractivity contribution in [2.24, 2.45) is 34.6 Å². The number of anilines is 2. The monoisotopic (exact) mass is 600 g/mol. The molecule has 0 aromatic carbocycles. The van der Waals surface area contributed by atoms with Gasteiger partial charge in [0.05, 0.1) is 48.8 Å². The van der Waals surface area contributed by atoms with Crippen LogP contribution in [0.4, 0.5) is 34.6 Å². The van der Waals surface area contributed by atoms with E-state index in [1.807, 2.05) is 0 Å². The van der Waals surface area contributed by atoms with Crippen molar-refractivity contribution < 1.29 is 19.1 Å². The number of hydrogen-bond donors (Lipinski definition) is 2. The van der Waals surface area contributed by atoms with Gasteiger partial charge in [-0.15, -0.1) is 20.5 Å². The van der Waals surface area contributed by atoms with Crippen LogP contribution in [0.1, 0.15) is 32.1 Å². The zero-order valence-corrected chi connectivity index (χ0v) is 23.9. The molecule has 0 spiro atoms. The molecule has 5 aromatic rings. The van der Waals surface area contributed by atoms with Crippen LogP contribution in [0.25, 0.3) is 11.6 Å². The Balaban J connectivity index is 1.41. The number of azo groups is 2. The molecule has 5 rings (SSSR count). The minimum Gasteiger partial charge on any atom is -0.465 e. The zero-order valence-electron chi connectivity index (χ0n) is 23.9. The van der Waals surface area contributed by atoms with Gasteiger partial charge in [0.1, 0.15) is 5.56 Å². The van der Waals surface area contributed by atoms with Crippen LogP contribution in [0.3, 0.4) is 0 Å². The maximum Gasteiger partial charge on any atom is 0.343 e. The molecule has 0 aliphatic carbocycles. The molecule has 0 saturated heterocycles. The van der Waals surface area contributed by atoms with Crippen molar-refractivity contribution in [2.45, 2.75) is 13.8 Å². The number of hydrogen-bond acceptors (Lipinski definition) is 16. The zero-order chi connectivity index (χ0) is 31.7. The van der Waals surface area contributed by atoms with Crippen molar-refractivity contribution in [1.29, 1.82) is 0 Å². The summed E-state index contributed by atoms with van der Waals surface area (Å²) in [7, 11) is 4.40. The summed E-state index contributed by atoms with van der Waals surface area (Å²) in [5.74, 6) is -0.416. The van der Waals surface area contributed by atoms with Crippen LogP contribution >= 0.6 is 0 Å². The van der Waals surface area contributed by atoms with Crippen LogP contribution < -0.4 is 11.5 Å². The first-order valence-electron chi connectivity index (χ1n) is 12.5. The van der Waals surface area contributed by atoms with E-state index < -0.39 is 11.8 Å². The molecule has 0 amide bonds. The third-order valence-electron chi connectivity index (χ3n) is 6.27. The summed E-state index contributed by atoms with van der Waals surface area (Å²) in [6.45, 7) is 3.34.